The molecule has 5 nitrogen and oxygen atoms in total. The Kier molecular flexibility index (Phi) is 6.22. The number of hydrogen-bond donors (Lipinski definition) is 2. The number of hydrogen-bond acceptors (Lipinski definition) is 4. The summed E-state index contributed by atoms with van der Waals surface area (Å²) >= 11 is 0. The second-order valence-corrected chi connectivity index (χ2v) is 3.63. The number of benzene rings is 1. The van der Waals surface area contributed by atoms with E-state index in [4.69, 9.17) is 15.6 Å². The van der Waals surface area contributed by atoms with Crippen LogP contribution in [-0.4, -0.2) is 23.1 Å². The molecule has 0 aliphatic carbocycles. The quantitative estimate of drug-likeness (QED) is 0.575. The second kappa shape index (κ2) is 7.40. The van der Waals surface area contributed by atoms with Crippen molar-refractivity contribution in [2.75, 3.05) is 0 Å². The van der Waals surface area contributed by atoms with Gasteiger partial charge in [-0.3, -0.25) is 9.59 Å². The average Bonchev–Trinajstić information content (AvgIpc) is 2.34. The van der Waals surface area contributed by atoms with Gasteiger partial charge in [0.2, 0.25) is 0 Å². The summed E-state index contributed by atoms with van der Waals surface area (Å²) in [5.74, 6) is -1.55. The summed E-state index contributed by atoms with van der Waals surface area (Å²) in [6.07, 6.45) is 0.100. The fraction of sp³-hybridized carbons (Fsp3) is 0.333. The molecule has 6 heteroatoms. The first-order chi connectivity index (χ1) is 8.09. The van der Waals surface area contributed by atoms with E-state index in [0.29, 0.717) is 0 Å². The fourth-order valence-corrected chi connectivity index (χ4v) is 1.21. The third-order valence-electron chi connectivity index (χ3n) is 2.22. The standard InChI is InChI=1S/C12H15NO4.Fm/c13-10(12(15)16)6-7-11(14)17-8-9-4-2-1-3-5-9;/h1-5,10H,6-8,13H2,(H,15,16);/t10-;/m0./s1. The first-order valence-corrected chi connectivity index (χ1v) is 5.27. The summed E-state index contributed by atoms with van der Waals surface area (Å²) in [6.45, 7) is 0.196. The minimum absolute atomic E-state index is 0. The molecule has 0 unspecified atom stereocenters. The van der Waals surface area contributed by atoms with E-state index in [-0.39, 0.29) is 19.4 Å². The van der Waals surface area contributed by atoms with E-state index in [0.717, 1.165) is 5.56 Å². The fourth-order valence-electron chi connectivity index (χ4n) is 1.21. The van der Waals surface area contributed by atoms with E-state index < -0.39 is 18.0 Å². The zero-order valence-electron chi connectivity index (χ0n) is 9.62. The van der Waals surface area contributed by atoms with Crippen LogP contribution in [0.5, 0.6) is 0 Å². The van der Waals surface area contributed by atoms with Crippen LogP contribution in [0.4, 0.5) is 0 Å². The van der Waals surface area contributed by atoms with Gasteiger partial charge in [-0.05, 0) is 12.0 Å². The molecular formula is C12H15FmNO4. The van der Waals surface area contributed by atoms with Gasteiger partial charge in [0.1, 0.15) is 12.6 Å². The van der Waals surface area contributed by atoms with Crippen molar-refractivity contribution in [1.82, 2.24) is 0 Å². The van der Waals surface area contributed by atoms with Gasteiger partial charge in [0, 0.05) is 6.42 Å². The molecule has 0 saturated carbocycles. The van der Waals surface area contributed by atoms with Gasteiger partial charge in [0.25, 0.3) is 0 Å². The van der Waals surface area contributed by atoms with Crippen LogP contribution in [0.25, 0.3) is 0 Å². The third kappa shape index (κ3) is 5.27. The second-order valence-electron chi connectivity index (χ2n) is 3.63. The van der Waals surface area contributed by atoms with E-state index in [1.807, 2.05) is 30.3 Å². The van der Waals surface area contributed by atoms with E-state index in [2.05, 4.69) is 0 Å². The largest absolute Gasteiger partial charge is 0.480 e. The number of rotatable bonds is 6. The van der Waals surface area contributed by atoms with Crippen molar-refractivity contribution in [2.24, 2.45) is 5.73 Å². The average molecular weight is 494 g/mol. The number of carboxylic acid groups (broad SMARTS) is 1. The molecule has 0 aliphatic heterocycles. The maximum Gasteiger partial charge on any atom is 0.320 e. The maximum atomic E-state index is 11.3. The van der Waals surface area contributed by atoms with Crippen LogP contribution in [0.1, 0.15) is 18.4 Å². The predicted molar refractivity (Wildman–Crippen MR) is 61.1 cm³/mol. The molecule has 104 valence electrons. The van der Waals surface area contributed by atoms with Crippen LogP contribution in [0.15, 0.2) is 30.3 Å². The Labute approximate surface area is 99.2 Å². The van der Waals surface area contributed by atoms with E-state index in [1.165, 1.54) is 0 Å². The summed E-state index contributed by atoms with van der Waals surface area (Å²) in [4.78, 5) is 21.7. The number of aliphatic carboxylic acids is 1. The monoisotopic (exact) mass is 494 g/mol. The summed E-state index contributed by atoms with van der Waals surface area (Å²) < 4.78 is 4.97. The predicted octanol–water partition coefficient (Wildman–Crippen LogP) is 0.922. The summed E-state index contributed by atoms with van der Waals surface area (Å²) in [7, 11) is 0. The van der Waals surface area contributed by atoms with Crippen LogP contribution in [0.2, 0.25) is 0 Å². The number of esters is 1. The van der Waals surface area contributed by atoms with Gasteiger partial charge in [0.05, 0.1) is 0 Å². The minimum Gasteiger partial charge on any atom is -0.480 e. The summed E-state index contributed by atoms with van der Waals surface area (Å²) in [5, 5.41) is 8.53. The zero-order chi connectivity index (χ0) is 12.7. The molecule has 0 radical (unpaired) electrons. The molecule has 0 heterocycles. The van der Waals surface area contributed by atoms with E-state index in [9.17, 15) is 9.59 Å². The molecule has 0 aliphatic rings. The topological polar surface area (TPSA) is 89.6 Å². The SMILES string of the molecule is N[C@@H](CCC(=O)OCc1ccccc1)C(=O)O.[Fm]. The van der Waals surface area contributed by atoms with Crippen molar-refractivity contribution in [2.45, 2.75) is 25.5 Å². The van der Waals surface area contributed by atoms with Crippen LogP contribution in [0.3, 0.4) is 0 Å². The number of ether oxygens (including phenoxy) is 1. The van der Waals surface area contributed by atoms with Gasteiger partial charge in [-0.15, -0.1) is 0 Å². The smallest absolute Gasteiger partial charge is 0.320 e. The number of carbonyl (C=O) groups is 2. The van der Waals surface area contributed by atoms with Crippen molar-refractivity contribution in [3.63, 3.8) is 0 Å². The normalized spacial score (nSPS) is 11.2. The van der Waals surface area contributed by atoms with Gasteiger partial charge < -0.3 is 15.6 Å². The Hall–Kier alpha value is -2.88. The molecule has 0 aromatic heterocycles. The van der Waals surface area contributed by atoms with Crippen LogP contribution in [-0.2, 0) is 20.9 Å². The van der Waals surface area contributed by atoms with Crippen molar-refractivity contribution in [3.8, 4) is 0 Å². The van der Waals surface area contributed by atoms with Gasteiger partial charge >= 0.3 is 11.9 Å². The van der Waals surface area contributed by atoms with Crippen LogP contribution in [0, 0.1) is 0 Å². The third-order valence-corrected chi connectivity index (χ3v) is 2.22. The van der Waals surface area contributed by atoms with Crippen molar-refractivity contribution >= 4 is 11.9 Å². The molecule has 0 fully saturated rings. The van der Waals surface area contributed by atoms with Crippen molar-refractivity contribution < 1.29 is 19.4 Å². The molecule has 18 heavy (non-hydrogen) atoms. The Morgan fingerprint density at radius 1 is 1.28 bits per heavy atom. The molecule has 1 aromatic rings. The van der Waals surface area contributed by atoms with Gasteiger partial charge in [-0.1, -0.05) is 30.3 Å². The number of carbonyl (C=O) groups excluding carboxylic acids is 1. The molecule has 0 amide bonds. The Bertz CT molecular complexity index is 383. The van der Waals surface area contributed by atoms with Crippen LogP contribution >= 0.6 is 0 Å². The summed E-state index contributed by atoms with van der Waals surface area (Å²) in [6, 6.07) is 8.25. The molecule has 0 bridgehead atoms. The van der Waals surface area contributed by atoms with Gasteiger partial charge in [0.15, 0.2) is 0 Å². The van der Waals surface area contributed by atoms with E-state index in [1.54, 1.807) is 0 Å². The molecule has 1 rings (SSSR count). The molecule has 0 saturated heterocycles. The molecule has 1 atom stereocenters. The van der Waals surface area contributed by atoms with Crippen LogP contribution < -0.4 is 5.73 Å². The molecular weight excluding hydrogens is 479 g/mol. The zero-order valence-corrected chi connectivity index (χ0v) is 12.0. The van der Waals surface area contributed by atoms with Crippen molar-refractivity contribution in [1.29, 1.82) is 0 Å². The Morgan fingerprint density at radius 3 is 2.44 bits per heavy atom. The molecule has 1 aromatic carbocycles. The first kappa shape index (κ1) is 15.1. The minimum atomic E-state index is -1.11. The summed E-state index contributed by atoms with van der Waals surface area (Å²) in [5.41, 5.74) is 6.16. The molecule has 0 spiro atoms. The first-order valence-electron chi connectivity index (χ1n) is 5.27. The number of nitrogens with two attached hydrogens (primary N) is 1. The van der Waals surface area contributed by atoms with E-state index >= 15 is 0 Å². The van der Waals surface area contributed by atoms with Crippen molar-refractivity contribution in [3.05, 3.63) is 35.9 Å². The Balaban J connectivity index is 0.00000289. The molecule has 3 N–H and O–H groups in total. The number of carboxylic acids is 1. The maximum absolute atomic E-state index is 11.3. The Morgan fingerprint density at radius 2 is 1.89 bits per heavy atom. The van der Waals surface area contributed by atoms with Gasteiger partial charge in [-0.2, -0.15) is 0 Å². The van der Waals surface area contributed by atoms with Gasteiger partial charge in [-0.25, -0.2) is 0 Å².